The zero-order chi connectivity index (χ0) is 14.8. The largest absolute Gasteiger partial charge is 0.436 e. The van der Waals surface area contributed by atoms with Gasteiger partial charge < -0.3 is 14.6 Å². The third-order valence-corrected chi connectivity index (χ3v) is 3.76. The van der Waals surface area contributed by atoms with Gasteiger partial charge in [-0.25, -0.2) is 4.98 Å². The molecule has 1 saturated heterocycles. The summed E-state index contributed by atoms with van der Waals surface area (Å²) < 4.78 is 5.45. The van der Waals surface area contributed by atoms with Gasteiger partial charge >= 0.3 is 0 Å². The molecule has 1 N–H and O–H groups in total. The fourth-order valence-electron chi connectivity index (χ4n) is 2.72. The number of hydrogen-bond acceptors (Lipinski definition) is 4. The molecule has 1 aromatic heterocycles. The number of nitrogens with zero attached hydrogens (tertiary/aromatic N) is 2. The van der Waals surface area contributed by atoms with Crippen molar-refractivity contribution in [3.63, 3.8) is 0 Å². The average molecular weight is 322 g/mol. The second kappa shape index (κ2) is 6.94. The predicted octanol–water partition coefficient (Wildman–Crippen LogP) is 2.50. The van der Waals surface area contributed by atoms with Crippen molar-refractivity contribution in [2.45, 2.75) is 19.9 Å². The monoisotopic (exact) mass is 321 g/mol. The van der Waals surface area contributed by atoms with E-state index in [0.717, 1.165) is 6.54 Å². The van der Waals surface area contributed by atoms with E-state index in [4.69, 9.17) is 4.42 Å². The standard InChI is InChI=1S/C16H19N3O2.ClH/c1-11-15(21-12(2)18-11)16(20)19-9-8-17-14(10-19)13-6-4-3-5-7-13;/h3-7,14,17H,8-10H2,1-2H3;1H. The minimum absolute atomic E-state index is 0. The van der Waals surface area contributed by atoms with Crippen LogP contribution in [0.15, 0.2) is 34.7 Å². The van der Waals surface area contributed by atoms with E-state index in [0.29, 0.717) is 30.4 Å². The van der Waals surface area contributed by atoms with Crippen LogP contribution in [0.3, 0.4) is 0 Å². The minimum Gasteiger partial charge on any atom is -0.436 e. The Balaban J connectivity index is 0.00000176. The second-order valence-corrected chi connectivity index (χ2v) is 5.32. The zero-order valence-corrected chi connectivity index (χ0v) is 13.5. The molecule has 0 bridgehead atoms. The highest BCUT2D eigenvalue weighted by molar-refractivity contribution is 5.92. The summed E-state index contributed by atoms with van der Waals surface area (Å²) in [6, 6.07) is 10.3. The number of aryl methyl sites for hydroxylation is 2. The molecule has 0 radical (unpaired) electrons. The molecule has 5 nitrogen and oxygen atoms in total. The number of carbonyl (C=O) groups is 1. The van der Waals surface area contributed by atoms with E-state index in [2.05, 4.69) is 22.4 Å². The van der Waals surface area contributed by atoms with Crippen LogP contribution in [-0.4, -0.2) is 35.4 Å². The smallest absolute Gasteiger partial charge is 0.291 e. The average Bonchev–Trinajstić information content (AvgIpc) is 2.86. The van der Waals surface area contributed by atoms with Gasteiger partial charge in [-0.1, -0.05) is 30.3 Å². The van der Waals surface area contributed by atoms with Crippen molar-refractivity contribution in [2.75, 3.05) is 19.6 Å². The topological polar surface area (TPSA) is 58.4 Å². The third kappa shape index (κ3) is 3.31. The highest BCUT2D eigenvalue weighted by Crippen LogP contribution is 2.20. The molecule has 1 unspecified atom stereocenters. The summed E-state index contributed by atoms with van der Waals surface area (Å²) in [5.41, 5.74) is 1.85. The van der Waals surface area contributed by atoms with Gasteiger partial charge in [-0.05, 0) is 12.5 Å². The normalized spacial score (nSPS) is 17.9. The van der Waals surface area contributed by atoms with Gasteiger partial charge in [0, 0.05) is 32.6 Å². The Labute approximate surface area is 136 Å². The quantitative estimate of drug-likeness (QED) is 0.923. The summed E-state index contributed by atoms with van der Waals surface area (Å²) in [4.78, 5) is 18.6. The Hall–Kier alpha value is -1.85. The van der Waals surface area contributed by atoms with Gasteiger partial charge in [0.25, 0.3) is 5.91 Å². The summed E-state index contributed by atoms with van der Waals surface area (Å²) >= 11 is 0. The molecule has 1 aromatic carbocycles. The zero-order valence-electron chi connectivity index (χ0n) is 12.7. The van der Waals surface area contributed by atoms with Crippen molar-refractivity contribution in [3.05, 3.63) is 53.2 Å². The molecule has 1 fully saturated rings. The minimum atomic E-state index is -0.0736. The van der Waals surface area contributed by atoms with Gasteiger partial charge in [0.05, 0.1) is 5.69 Å². The fourth-order valence-corrected chi connectivity index (χ4v) is 2.72. The first-order chi connectivity index (χ1) is 10.1. The van der Waals surface area contributed by atoms with Gasteiger partial charge in [-0.15, -0.1) is 12.4 Å². The van der Waals surface area contributed by atoms with Crippen LogP contribution in [0.4, 0.5) is 0 Å². The molecule has 0 saturated carbocycles. The SMILES string of the molecule is Cc1nc(C)c(C(=O)N2CCNC(c3ccccc3)C2)o1.Cl. The van der Waals surface area contributed by atoms with Crippen LogP contribution in [0.5, 0.6) is 0 Å². The van der Waals surface area contributed by atoms with E-state index in [1.165, 1.54) is 5.56 Å². The lowest BCUT2D eigenvalue weighted by molar-refractivity contribution is 0.0668. The van der Waals surface area contributed by atoms with E-state index in [1.807, 2.05) is 23.1 Å². The number of nitrogens with one attached hydrogen (secondary N) is 1. The molecule has 1 aliphatic heterocycles. The maximum atomic E-state index is 12.6. The van der Waals surface area contributed by atoms with Crippen LogP contribution >= 0.6 is 12.4 Å². The van der Waals surface area contributed by atoms with E-state index in [1.54, 1.807) is 13.8 Å². The number of carbonyl (C=O) groups excluding carboxylic acids is 1. The lowest BCUT2D eigenvalue weighted by atomic mass is 10.0. The summed E-state index contributed by atoms with van der Waals surface area (Å²) in [5, 5.41) is 3.45. The number of rotatable bonds is 2. The number of benzene rings is 1. The van der Waals surface area contributed by atoms with E-state index in [9.17, 15) is 4.79 Å². The molecule has 0 spiro atoms. The van der Waals surface area contributed by atoms with Crippen molar-refractivity contribution < 1.29 is 9.21 Å². The Bertz CT molecular complexity index is 642. The van der Waals surface area contributed by atoms with Crippen LogP contribution in [0, 0.1) is 13.8 Å². The molecule has 1 atom stereocenters. The lowest BCUT2D eigenvalue weighted by Gasteiger charge is -2.33. The highest BCUT2D eigenvalue weighted by atomic mass is 35.5. The molecular weight excluding hydrogens is 302 g/mol. The Kier molecular flexibility index (Phi) is 5.21. The van der Waals surface area contributed by atoms with E-state index >= 15 is 0 Å². The van der Waals surface area contributed by atoms with Crippen LogP contribution in [0.2, 0.25) is 0 Å². The van der Waals surface area contributed by atoms with Crippen LogP contribution in [0.1, 0.15) is 33.7 Å². The Morgan fingerprint density at radius 3 is 2.68 bits per heavy atom. The molecule has 1 amide bonds. The highest BCUT2D eigenvalue weighted by Gasteiger charge is 2.28. The number of hydrogen-bond donors (Lipinski definition) is 1. The third-order valence-electron chi connectivity index (χ3n) is 3.76. The number of aromatic nitrogens is 1. The summed E-state index contributed by atoms with van der Waals surface area (Å²) in [7, 11) is 0. The van der Waals surface area contributed by atoms with Crippen molar-refractivity contribution in [3.8, 4) is 0 Å². The molecule has 3 rings (SSSR count). The van der Waals surface area contributed by atoms with Gasteiger partial charge in [0.1, 0.15) is 0 Å². The van der Waals surface area contributed by atoms with Crippen LogP contribution in [0.25, 0.3) is 0 Å². The molecule has 0 aliphatic carbocycles. The van der Waals surface area contributed by atoms with Gasteiger partial charge in [-0.3, -0.25) is 4.79 Å². The van der Waals surface area contributed by atoms with Crippen molar-refractivity contribution in [1.29, 1.82) is 0 Å². The molecule has 22 heavy (non-hydrogen) atoms. The maximum absolute atomic E-state index is 12.6. The number of piperazine rings is 1. The lowest BCUT2D eigenvalue weighted by Crippen LogP contribution is -2.48. The molecule has 1 aliphatic rings. The van der Waals surface area contributed by atoms with Gasteiger partial charge in [0.15, 0.2) is 5.89 Å². The molecule has 6 heteroatoms. The first-order valence-corrected chi connectivity index (χ1v) is 7.17. The molecule has 2 aromatic rings. The van der Waals surface area contributed by atoms with Crippen LogP contribution < -0.4 is 5.32 Å². The maximum Gasteiger partial charge on any atom is 0.291 e. The summed E-state index contributed by atoms with van der Waals surface area (Å²) in [6.45, 7) is 5.66. The summed E-state index contributed by atoms with van der Waals surface area (Å²) in [5.74, 6) is 0.822. The van der Waals surface area contributed by atoms with Crippen LogP contribution in [-0.2, 0) is 0 Å². The Morgan fingerprint density at radius 1 is 1.32 bits per heavy atom. The van der Waals surface area contributed by atoms with Gasteiger partial charge in [0.2, 0.25) is 5.76 Å². The van der Waals surface area contributed by atoms with E-state index in [-0.39, 0.29) is 24.4 Å². The first kappa shape index (κ1) is 16.5. The Morgan fingerprint density at radius 2 is 2.05 bits per heavy atom. The van der Waals surface area contributed by atoms with Crippen molar-refractivity contribution in [1.82, 2.24) is 15.2 Å². The molecular formula is C16H20ClN3O2. The predicted molar refractivity (Wildman–Crippen MR) is 86.3 cm³/mol. The first-order valence-electron chi connectivity index (χ1n) is 7.17. The summed E-state index contributed by atoms with van der Waals surface area (Å²) in [6.07, 6.45) is 0. The molecule has 118 valence electrons. The second-order valence-electron chi connectivity index (χ2n) is 5.32. The number of amides is 1. The van der Waals surface area contributed by atoms with Crippen molar-refractivity contribution >= 4 is 18.3 Å². The number of halogens is 1. The fraction of sp³-hybridized carbons (Fsp3) is 0.375. The van der Waals surface area contributed by atoms with E-state index < -0.39 is 0 Å². The van der Waals surface area contributed by atoms with Gasteiger partial charge in [-0.2, -0.15) is 0 Å². The van der Waals surface area contributed by atoms with Crippen molar-refractivity contribution in [2.24, 2.45) is 0 Å². The molecule has 2 heterocycles. The number of oxazole rings is 1.